The number of halogens is 4. The van der Waals surface area contributed by atoms with Gasteiger partial charge in [-0.2, -0.15) is 0 Å². The molecule has 0 aliphatic carbocycles. The zero-order chi connectivity index (χ0) is 16.8. The molecule has 0 fully saturated rings. The van der Waals surface area contributed by atoms with Crippen LogP contribution in [-0.2, 0) is 11.0 Å². The molecule has 4 nitrogen and oxygen atoms in total. The number of benzene rings is 2. The molecule has 0 radical (unpaired) electrons. The molecule has 0 spiro atoms. The van der Waals surface area contributed by atoms with Crippen LogP contribution in [0.2, 0.25) is 5.02 Å². The maximum atomic E-state index is 12.3. The molecule has 0 saturated heterocycles. The summed E-state index contributed by atoms with van der Waals surface area (Å²) in [6, 6.07) is 7.90. The topological polar surface area (TPSA) is 55.4 Å². The van der Waals surface area contributed by atoms with Gasteiger partial charge in [-0.15, -0.1) is 13.2 Å². The van der Waals surface area contributed by atoms with Gasteiger partial charge < -0.3 is 4.74 Å². The first-order chi connectivity index (χ1) is 10.7. The Hall–Kier alpha value is -2.06. The Morgan fingerprint density at radius 3 is 2.52 bits per heavy atom. The molecule has 1 heterocycles. The van der Waals surface area contributed by atoms with Crippen LogP contribution in [0.1, 0.15) is 10.4 Å². The molecule has 0 aromatic heterocycles. The predicted octanol–water partition coefficient (Wildman–Crippen LogP) is 3.67. The van der Waals surface area contributed by atoms with Crippen molar-refractivity contribution in [1.82, 2.24) is 4.72 Å². The maximum Gasteiger partial charge on any atom is 0.573 e. The zero-order valence-electron chi connectivity index (χ0n) is 11.1. The average molecular weight is 362 g/mol. The number of amides is 1. The van der Waals surface area contributed by atoms with Gasteiger partial charge in [0.25, 0.3) is 5.91 Å². The number of nitrogens with one attached hydrogen (secondary N) is 1. The van der Waals surface area contributed by atoms with Gasteiger partial charge in [0.2, 0.25) is 0 Å². The van der Waals surface area contributed by atoms with E-state index in [1.165, 1.54) is 24.3 Å². The molecule has 3 rings (SSSR count). The second-order valence-electron chi connectivity index (χ2n) is 4.60. The molecule has 1 amide bonds. The molecule has 9 heteroatoms. The summed E-state index contributed by atoms with van der Waals surface area (Å²) in [6.07, 6.45) is -4.82. The van der Waals surface area contributed by atoms with Crippen LogP contribution in [0.4, 0.5) is 13.2 Å². The van der Waals surface area contributed by atoms with Crippen molar-refractivity contribution in [3.05, 3.63) is 47.0 Å². The first-order valence-corrected chi connectivity index (χ1v) is 7.70. The number of ether oxygens (including phenoxy) is 1. The smallest absolute Gasteiger partial charge is 0.406 e. The Labute approximate surface area is 135 Å². The standard InChI is InChI=1S/C14H7ClF3NO3S/c15-11-3-2-8(22-14(16,17)18)6-9(11)7-1-4-12-10(5-7)13(20)19-23(12)21/h1-6H,(H,19,20). The summed E-state index contributed by atoms with van der Waals surface area (Å²) in [4.78, 5) is 12.0. The van der Waals surface area contributed by atoms with Gasteiger partial charge in [-0.25, -0.2) is 4.21 Å². The molecular weight excluding hydrogens is 355 g/mol. The van der Waals surface area contributed by atoms with Crippen LogP contribution >= 0.6 is 11.6 Å². The molecule has 0 bridgehead atoms. The van der Waals surface area contributed by atoms with E-state index in [4.69, 9.17) is 11.6 Å². The SMILES string of the molecule is O=C1NS(=O)c2ccc(-c3cc(OC(F)(F)F)ccc3Cl)cc21. The van der Waals surface area contributed by atoms with Crippen LogP contribution in [0.3, 0.4) is 0 Å². The van der Waals surface area contributed by atoms with E-state index >= 15 is 0 Å². The highest BCUT2D eigenvalue weighted by molar-refractivity contribution is 7.84. The molecule has 1 N–H and O–H groups in total. The molecule has 2 aromatic rings. The lowest BCUT2D eigenvalue weighted by atomic mass is 10.0. The van der Waals surface area contributed by atoms with Gasteiger partial charge in [0.15, 0.2) is 11.0 Å². The quantitative estimate of drug-likeness (QED) is 0.888. The van der Waals surface area contributed by atoms with Gasteiger partial charge in [0.05, 0.1) is 10.5 Å². The fourth-order valence-corrected chi connectivity index (χ4v) is 3.31. The Kier molecular flexibility index (Phi) is 3.81. The van der Waals surface area contributed by atoms with Crippen molar-refractivity contribution in [2.75, 3.05) is 0 Å². The molecule has 1 aliphatic rings. The summed E-state index contributed by atoms with van der Waals surface area (Å²) >= 11 is 6.02. The number of alkyl halides is 3. The maximum absolute atomic E-state index is 12.3. The number of hydrogen-bond donors (Lipinski definition) is 1. The Morgan fingerprint density at radius 2 is 1.83 bits per heavy atom. The second-order valence-corrected chi connectivity index (χ2v) is 6.19. The van der Waals surface area contributed by atoms with E-state index < -0.39 is 29.0 Å². The number of carbonyl (C=O) groups excluding carboxylic acids is 1. The molecule has 0 saturated carbocycles. The molecular formula is C14H7ClF3NO3S. The lowest BCUT2D eigenvalue weighted by Crippen LogP contribution is -2.17. The van der Waals surface area contributed by atoms with Crippen molar-refractivity contribution in [2.24, 2.45) is 0 Å². The third-order valence-corrected chi connectivity index (χ3v) is 4.55. The van der Waals surface area contributed by atoms with Crippen LogP contribution < -0.4 is 9.46 Å². The highest BCUT2D eigenvalue weighted by atomic mass is 35.5. The van der Waals surface area contributed by atoms with Gasteiger partial charge in [0.1, 0.15) is 5.75 Å². The minimum atomic E-state index is -4.82. The Morgan fingerprint density at radius 1 is 1.09 bits per heavy atom. The average Bonchev–Trinajstić information content (AvgIpc) is 2.74. The normalized spacial score (nSPS) is 16.9. The predicted molar refractivity (Wildman–Crippen MR) is 77.4 cm³/mol. The van der Waals surface area contributed by atoms with E-state index in [-0.39, 0.29) is 16.1 Å². The number of fused-ring (bicyclic) bond motifs is 1. The molecule has 1 aliphatic heterocycles. The summed E-state index contributed by atoms with van der Waals surface area (Å²) < 4.78 is 54.6. The molecule has 1 atom stereocenters. The van der Waals surface area contributed by atoms with Crippen molar-refractivity contribution >= 4 is 28.5 Å². The van der Waals surface area contributed by atoms with Crippen molar-refractivity contribution in [1.29, 1.82) is 0 Å². The van der Waals surface area contributed by atoms with Gasteiger partial charge in [-0.1, -0.05) is 17.7 Å². The first kappa shape index (κ1) is 15.8. The van der Waals surface area contributed by atoms with Gasteiger partial charge >= 0.3 is 6.36 Å². The second kappa shape index (κ2) is 5.54. The van der Waals surface area contributed by atoms with E-state index in [0.29, 0.717) is 10.5 Å². The summed E-state index contributed by atoms with van der Waals surface area (Å²) in [5, 5.41) is 0.194. The minimum absolute atomic E-state index is 0.194. The van der Waals surface area contributed by atoms with Gasteiger partial charge in [-0.05, 0) is 35.9 Å². The van der Waals surface area contributed by atoms with Gasteiger partial charge in [0, 0.05) is 10.6 Å². The Bertz CT molecular complexity index is 839. The molecule has 120 valence electrons. The third kappa shape index (κ3) is 3.18. The molecule has 1 unspecified atom stereocenters. The number of carbonyl (C=O) groups is 1. The highest BCUT2D eigenvalue weighted by Gasteiger charge is 2.31. The lowest BCUT2D eigenvalue weighted by Gasteiger charge is -2.12. The van der Waals surface area contributed by atoms with Crippen LogP contribution in [-0.4, -0.2) is 16.5 Å². The van der Waals surface area contributed by atoms with Crippen LogP contribution in [0, 0.1) is 0 Å². The summed E-state index contributed by atoms with van der Waals surface area (Å²) in [6.45, 7) is 0. The van der Waals surface area contributed by atoms with Crippen molar-refractivity contribution < 1.29 is 26.9 Å². The Balaban J connectivity index is 2.05. The van der Waals surface area contributed by atoms with E-state index in [9.17, 15) is 22.2 Å². The van der Waals surface area contributed by atoms with E-state index in [2.05, 4.69) is 9.46 Å². The molecule has 23 heavy (non-hydrogen) atoms. The zero-order valence-corrected chi connectivity index (χ0v) is 12.7. The van der Waals surface area contributed by atoms with Crippen molar-refractivity contribution in [3.63, 3.8) is 0 Å². The molecule has 2 aromatic carbocycles. The van der Waals surface area contributed by atoms with E-state index in [1.807, 2.05) is 0 Å². The van der Waals surface area contributed by atoms with Crippen molar-refractivity contribution in [2.45, 2.75) is 11.3 Å². The lowest BCUT2D eigenvalue weighted by molar-refractivity contribution is -0.274. The van der Waals surface area contributed by atoms with E-state index in [1.54, 1.807) is 0 Å². The summed E-state index contributed by atoms with van der Waals surface area (Å²) in [5.41, 5.74) is 0.871. The minimum Gasteiger partial charge on any atom is -0.406 e. The largest absolute Gasteiger partial charge is 0.573 e. The summed E-state index contributed by atoms with van der Waals surface area (Å²) in [5.74, 6) is -0.940. The van der Waals surface area contributed by atoms with Crippen LogP contribution in [0.15, 0.2) is 41.3 Å². The third-order valence-electron chi connectivity index (χ3n) is 3.09. The number of rotatable bonds is 2. The summed E-state index contributed by atoms with van der Waals surface area (Å²) in [7, 11) is -1.62. The van der Waals surface area contributed by atoms with Crippen LogP contribution in [0.5, 0.6) is 5.75 Å². The first-order valence-electron chi connectivity index (χ1n) is 6.17. The number of hydrogen-bond acceptors (Lipinski definition) is 3. The van der Waals surface area contributed by atoms with Gasteiger partial charge in [-0.3, -0.25) is 9.52 Å². The fraction of sp³-hybridized carbons (Fsp3) is 0.0714. The monoisotopic (exact) mass is 361 g/mol. The van der Waals surface area contributed by atoms with E-state index in [0.717, 1.165) is 12.1 Å². The van der Waals surface area contributed by atoms with Crippen LogP contribution in [0.25, 0.3) is 11.1 Å². The fourth-order valence-electron chi connectivity index (χ4n) is 2.15. The highest BCUT2D eigenvalue weighted by Crippen LogP contribution is 2.35. The van der Waals surface area contributed by atoms with Crippen molar-refractivity contribution in [3.8, 4) is 16.9 Å².